The summed E-state index contributed by atoms with van der Waals surface area (Å²) in [5.41, 5.74) is 0.805. The van der Waals surface area contributed by atoms with E-state index in [-0.39, 0.29) is 6.61 Å². The lowest BCUT2D eigenvalue weighted by atomic mass is 9.83. The van der Waals surface area contributed by atoms with Crippen LogP contribution in [0.2, 0.25) is 0 Å². The third-order valence-corrected chi connectivity index (χ3v) is 4.43. The first-order chi connectivity index (χ1) is 12.0. The molecule has 3 aromatic rings. The molecule has 0 amide bonds. The summed E-state index contributed by atoms with van der Waals surface area (Å²) in [6.45, 7) is 5.79. The first-order valence-corrected chi connectivity index (χ1v) is 8.28. The second-order valence-corrected chi connectivity index (χ2v) is 7.03. The van der Waals surface area contributed by atoms with Crippen molar-refractivity contribution in [2.75, 3.05) is 6.61 Å². The predicted octanol–water partition coefficient (Wildman–Crippen LogP) is 3.72. The molecule has 0 radical (unpaired) electrons. The van der Waals surface area contributed by atoms with Crippen LogP contribution >= 0.6 is 0 Å². The highest BCUT2D eigenvalue weighted by Crippen LogP contribution is 2.38. The quantitative estimate of drug-likeness (QED) is 0.771. The van der Waals surface area contributed by atoms with Gasteiger partial charge in [-0.05, 0) is 23.3 Å². The largest absolute Gasteiger partial charge is 0.463 e. The molecule has 0 saturated heterocycles. The van der Waals surface area contributed by atoms with Gasteiger partial charge in [0, 0.05) is 11.6 Å². The summed E-state index contributed by atoms with van der Waals surface area (Å²) >= 11 is 0. The minimum Gasteiger partial charge on any atom is -0.463 e. The molecule has 1 atom stereocenters. The van der Waals surface area contributed by atoms with Crippen molar-refractivity contribution < 1.29 is 9.84 Å². The van der Waals surface area contributed by atoms with Gasteiger partial charge in [-0.1, -0.05) is 68.4 Å². The van der Waals surface area contributed by atoms with Crippen molar-refractivity contribution in [2.45, 2.75) is 26.5 Å². The van der Waals surface area contributed by atoms with E-state index in [2.05, 4.69) is 22.4 Å². The summed E-state index contributed by atoms with van der Waals surface area (Å²) in [6.07, 6.45) is 3.29. The highest BCUT2D eigenvalue weighted by Gasteiger charge is 2.47. The van der Waals surface area contributed by atoms with Crippen LogP contribution in [0.3, 0.4) is 0 Å². The third kappa shape index (κ3) is 3.28. The van der Waals surface area contributed by atoms with Crippen LogP contribution in [0.25, 0.3) is 11.1 Å². The van der Waals surface area contributed by atoms with Crippen molar-refractivity contribution in [3.8, 4) is 16.9 Å². The molecule has 25 heavy (non-hydrogen) atoms. The van der Waals surface area contributed by atoms with E-state index < -0.39 is 11.1 Å². The number of hydrogen-bond donors (Lipinski definition) is 1. The smallest absolute Gasteiger partial charge is 0.230 e. The topological polar surface area (TPSA) is 60.2 Å². The Morgan fingerprint density at radius 2 is 1.60 bits per heavy atom. The monoisotopic (exact) mass is 337 g/mol. The molecular formula is C20H23N3O2. The van der Waals surface area contributed by atoms with Gasteiger partial charge in [0.15, 0.2) is 0 Å². The molecule has 1 unspecified atom stereocenters. The van der Waals surface area contributed by atoms with Gasteiger partial charge in [-0.25, -0.2) is 4.68 Å². The van der Waals surface area contributed by atoms with E-state index >= 15 is 0 Å². The van der Waals surface area contributed by atoms with Crippen molar-refractivity contribution in [1.29, 1.82) is 0 Å². The molecule has 130 valence electrons. The van der Waals surface area contributed by atoms with E-state index in [1.54, 1.807) is 17.1 Å². The molecule has 0 aliphatic rings. The van der Waals surface area contributed by atoms with Crippen molar-refractivity contribution in [3.05, 3.63) is 67.0 Å². The fourth-order valence-corrected chi connectivity index (χ4v) is 2.83. The summed E-state index contributed by atoms with van der Waals surface area (Å²) in [7, 11) is 0. The molecule has 1 aromatic heterocycles. The molecule has 0 aliphatic heterocycles. The lowest BCUT2D eigenvalue weighted by molar-refractivity contribution is -0.146. The summed E-state index contributed by atoms with van der Waals surface area (Å²) < 4.78 is 7.84. The van der Waals surface area contributed by atoms with Crippen LogP contribution in [0, 0.1) is 5.41 Å². The molecule has 5 heteroatoms. The van der Waals surface area contributed by atoms with Gasteiger partial charge in [-0.3, -0.25) is 0 Å². The Morgan fingerprint density at radius 3 is 2.12 bits per heavy atom. The van der Waals surface area contributed by atoms with Crippen molar-refractivity contribution in [2.24, 2.45) is 5.41 Å². The number of hydrogen-bond acceptors (Lipinski definition) is 4. The van der Waals surface area contributed by atoms with Crippen LogP contribution in [0.4, 0.5) is 0 Å². The predicted molar refractivity (Wildman–Crippen MR) is 97.0 cm³/mol. The third-order valence-electron chi connectivity index (χ3n) is 4.43. The highest BCUT2D eigenvalue weighted by molar-refractivity contribution is 5.63. The van der Waals surface area contributed by atoms with Crippen LogP contribution in [0.1, 0.15) is 20.8 Å². The fraction of sp³-hybridized carbons (Fsp3) is 0.300. The van der Waals surface area contributed by atoms with E-state index in [9.17, 15) is 5.11 Å². The summed E-state index contributed by atoms with van der Waals surface area (Å²) in [5, 5.41) is 18.1. The van der Waals surface area contributed by atoms with Crippen molar-refractivity contribution in [1.82, 2.24) is 15.0 Å². The van der Waals surface area contributed by atoms with Crippen LogP contribution in [0.5, 0.6) is 5.75 Å². The maximum absolute atomic E-state index is 10.2. The Hall–Kier alpha value is -2.66. The lowest BCUT2D eigenvalue weighted by Gasteiger charge is -2.42. The second-order valence-electron chi connectivity index (χ2n) is 7.03. The Morgan fingerprint density at radius 1 is 0.960 bits per heavy atom. The number of aliphatic hydroxyl groups is 1. The summed E-state index contributed by atoms with van der Waals surface area (Å²) in [6, 6.07) is 18.0. The van der Waals surface area contributed by atoms with E-state index in [0.717, 1.165) is 11.1 Å². The molecular weight excluding hydrogens is 314 g/mol. The molecule has 0 spiro atoms. The average molecular weight is 337 g/mol. The van der Waals surface area contributed by atoms with Gasteiger partial charge in [-0.15, -0.1) is 5.10 Å². The van der Waals surface area contributed by atoms with E-state index in [1.165, 1.54) is 0 Å². The zero-order chi connectivity index (χ0) is 17.9. The Balaban J connectivity index is 1.93. The number of ether oxygens (including phenoxy) is 1. The number of benzene rings is 2. The van der Waals surface area contributed by atoms with Crippen LogP contribution in [-0.2, 0) is 5.72 Å². The molecule has 0 bridgehead atoms. The van der Waals surface area contributed by atoms with Gasteiger partial charge in [0.05, 0.1) is 6.20 Å². The first kappa shape index (κ1) is 17.2. The maximum atomic E-state index is 10.2. The minimum absolute atomic E-state index is 0.222. The number of aliphatic hydroxyl groups excluding tert-OH is 1. The van der Waals surface area contributed by atoms with Gasteiger partial charge in [0.1, 0.15) is 12.4 Å². The zero-order valence-electron chi connectivity index (χ0n) is 14.8. The first-order valence-electron chi connectivity index (χ1n) is 8.28. The van der Waals surface area contributed by atoms with Crippen molar-refractivity contribution in [3.63, 3.8) is 0 Å². The molecule has 1 N–H and O–H groups in total. The Labute approximate surface area is 147 Å². The molecule has 5 nitrogen and oxygen atoms in total. The second kappa shape index (κ2) is 6.69. The van der Waals surface area contributed by atoms with Crippen LogP contribution in [-0.4, -0.2) is 26.7 Å². The summed E-state index contributed by atoms with van der Waals surface area (Å²) in [4.78, 5) is 0. The van der Waals surface area contributed by atoms with Crippen LogP contribution in [0.15, 0.2) is 67.0 Å². The van der Waals surface area contributed by atoms with Gasteiger partial charge >= 0.3 is 0 Å². The lowest BCUT2D eigenvalue weighted by Crippen LogP contribution is -2.53. The van der Waals surface area contributed by atoms with Gasteiger partial charge < -0.3 is 9.84 Å². The molecule has 2 aromatic carbocycles. The molecule has 1 heterocycles. The van der Waals surface area contributed by atoms with E-state index in [4.69, 9.17) is 4.74 Å². The van der Waals surface area contributed by atoms with Gasteiger partial charge in [0.2, 0.25) is 5.72 Å². The van der Waals surface area contributed by atoms with E-state index in [0.29, 0.717) is 5.75 Å². The van der Waals surface area contributed by atoms with Crippen LogP contribution < -0.4 is 4.74 Å². The standard InChI is InChI=1S/C20H23N3O2/c1-19(2,3)20(15-24,23-14-13-21-22-23)25-18-11-9-17(10-12-18)16-7-5-4-6-8-16/h4-14,24H,15H2,1-3H3. The SMILES string of the molecule is CC(C)(C)C(CO)(Oc1ccc(-c2ccccc2)cc1)n1ccnn1. The molecule has 0 saturated carbocycles. The molecule has 3 rings (SSSR count). The Bertz CT molecular complexity index is 793. The van der Waals surface area contributed by atoms with Crippen molar-refractivity contribution >= 4 is 0 Å². The maximum Gasteiger partial charge on any atom is 0.230 e. The molecule has 0 fully saturated rings. The highest BCUT2D eigenvalue weighted by atomic mass is 16.5. The number of nitrogens with zero attached hydrogens (tertiary/aromatic N) is 3. The van der Waals surface area contributed by atoms with Gasteiger partial charge in [0.25, 0.3) is 0 Å². The number of rotatable bonds is 5. The number of aromatic nitrogens is 3. The van der Waals surface area contributed by atoms with Gasteiger partial charge in [-0.2, -0.15) is 0 Å². The minimum atomic E-state index is -1.04. The normalized spacial score (nSPS) is 14.1. The molecule has 0 aliphatic carbocycles. The fourth-order valence-electron chi connectivity index (χ4n) is 2.83. The zero-order valence-corrected chi connectivity index (χ0v) is 14.8. The average Bonchev–Trinajstić information content (AvgIpc) is 3.15. The van der Waals surface area contributed by atoms with E-state index in [1.807, 2.05) is 63.2 Å². The Kier molecular flexibility index (Phi) is 4.59. The summed E-state index contributed by atoms with van der Waals surface area (Å²) in [5.74, 6) is 0.666.